The molecule has 4 aromatic carbocycles. The van der Waals surface area contributed by atoms with Crippen LogP contribution in [0.1, 0.15) is 5.56 Å². The summed E-state index contributed by atoms with van der Waals surface area (Å²) in [5, 5.41) is 0.613. The highest BCUT2D eigenvalue weighted by molar-refractivity contribution is 6.30. The third kappa shape index (κ3) is 4.15. The molecule has 0 aliphatic carbocycles. The molecule has 0 atom stereocenters. The number of aryl methyl sites for hydroxylation is 1. The molecule has 0 saturated heterocycles. The van der Waals surface area contributed by atoms with E-state index in [1.54, 1.807) is 13.4 Å². The second-order valence-corrected chi connectivity index (χ2v) is 9.39. The van der Waals surface area contributed by atoms with Crippen LogP contribution in [0, 0.1) is 6.92 Å². The van der Waals surface area contributed by atoms with Gasteiger partial charge in [-0.2, -0.15) is 4.98 Å². The summed E-state index contributed by atoms with van der Waals surface area (Å²) in [6.45, 7) is 2.01. The van der Waals surface area contributed by atoms with E-state index in [1.165, 1.54) is 0 Å². The molecule has 6 nitrogen and oxygen atoms in total. The molecule has 0 aliphatic heterocycles. The first-order chi connectivity index (χ1) is 18.5. The van der Waals surface area contributed by atoms with Gasteiger partial charge >= 0.3 is 5.56 Å². The number of imidazole rings is 1. The lowest BCUT2D eigenvalue weighted by atomic mass is 10.0. The fourth-order valence-corrected chi connectivity index (χ4v) is 4.77. The number of methoxy groups -OCH3 is 1. The van der Waals surface area contributed by atoms with Gasteiger partial charge in [0.15, 0.2) is 11.2 Å². The van der Waals surface area contributed by atoms with E-state index < -0.39 is 5.56 Å². The van der Waals surface area contributed by atoms with Crippen LogP contribution in [-0.4, -0.2) is 26.2 Å². The van der Waals surface area contributed by atoms with Gasteiger partial charge in [0.1, 0.15) is 17.9 Å². The van der Waals surface area contributed by atoms with Gasteiger partial charge in [0.05, 0.1) is 12.8 Å². The van der Waals surface area contributed by atoms with Gasteiger partial charge in [-0.25, -0.2) is 4.98 Å². The SMILES string of the molecule is COc1ccc(C)cc1-n1cnc2c(=O)nc(-c3ccc(-c4ccccc4)cc3)n(-c3ccc(Cl)cc3)c21. The quantitative estimate of drug-likeness (QED) is 0.250. The third-order valence-electron chi connectivity index (χ3n) is 6.50. The highest BCUT2D eigenvalue weighted by Gasteiger charge is 2.21. The van der Waals surface area contributed by atoms with Crippen LogP contribution >= 0.6 is 11.6 Å². The van der Waals surface area contributed by atoms with Crippen molar-refractivity contribution in [1.29, 1.82) is 0 Å². The van der Waals surface area contributed by atoms with Crippen molar-refractivity contribution >= 4 is 22.8 Å². The van der Waals surface area contributed by atoms with Crippen molar-refractivity contribution in [2.75, 3.05) is 7.11 Å². The molecule has 0 radical (unpaired) electrons. The first-order valence-electron chi connectivity index (χ1n) is 12.1. The van der Waals surface area contributed by atoms with Crippen LogP contribution in [-0.2, 0) is 0 Å². The topological polar surface area (TPSA) is 61.9 Å². The van der Waals surface area contributed by atoms with Crippen LogP contribution < -0.4 is 10.3 Å². The Balaban J connectivity index is 1.65. The number of ether oxygens (including phenoxy) is 1. The molecule has 2 heterocycles. The molecule has 6 aromatic rings. The number of halogens is 1. The minimum atomic E-state index is -0.405. The van der Waals surface area contributed by atoms with E-state index >= 15 is 0 Å². The fourth-order valence-electron chi connectivity index (χ4n) is 4.64. The van der Waals surface area contributed by atoms with Crippen LogP contribution in [0.25, 0.3) is 45.1 Å². The van der Waals surface area contributed by atoms with Crippen molar-refractivity contribution in [1.82, 2.24) is 19.1 Å². The molecule has 0 saturated carbocycles. The van der Waals surface area contributed by atoms with Gasteiger partial charge in [0.25, 0.3) is 0 Å². The van der Waals surface area contributed by atoms with Gasteiger partial charge in [-0.1, -0.05) is 72.3 Å². The zero-order valence-electron chi connectivity index (χ0n) is 20.8. The molecule has 7 heteroatoms. The molecule has 2 aromatic heterocycles. The normalized spacial score (nSPS) is 11.1. The molecule has 186 valence electrons. The molecule has 6 rings (SSSR count). The van der Waals surface area contributed by atoms with E-state index in [0.29, 0.717) is 22.2 Å². The molecular formula is C31H23ClN4O2. The molecule has 0 amide bonds. The van der Waals surface area contributed by atoms with Crippen molar-refractivity contribution in [3.05, 3.63) is 124 Å². The standard InChI is InChI=1S/C31H23ClN4O2/c1-20-8-17-27(38-2)26(18-20)35-19-33-28-30(37)34-29(36(31(28)35)25-15-13-24(32)14-16-25)23-11-9-22(10-12-23)21-6-4-3-5-7-21/h3-19H,1-2H3. The Labute approximate surface area is 224 Å². The lowest BCUT2D eigenvalue weighted by Crippen LogP contribution is -2.17. The van der Waals surface area contributed by atoms with Crippen molar-refractivity contribution in [2.24, 2.45) is 0 Å². The Bertz CT molecular complexity index is 1820. The Kier molecular flexibility index (Phi) is 6.02. The summed E-state index contributed by atoms with van der Waals surface area (Å²) in [5.41, 5.74) is 6.03. The molecule has 0 aliphatic rings. The maximum absolute atomic E-state index is 13.3. The van der Waals surface area contributed by atoms with Crippen molar-refractivity contribution in [3.63, 3.8) is 0 Å². The Hall–Kier alpha value is -4.68. The first-order valence-corrected chi connectivity index (χ1v) is 12.5. The summed E-state index contributed by atoms with van der Waals surface area (Å²) in [4.78, 5) is 22.3. The predicted octanol–water partition coefficient (Wildman–Crippen LogP) is 6.88. The number of fused-ring (bicyclic) bond motifs is 1. The lowest BCUT2D eigenvalue weighted by Gasteiger charge is -2.18. The van der Waals surface area contributed by atoms with E-state index in [-0.39, 0.29) is 5.52 Å². The summed E-state index contributed by atoms with van der Waals surface area (Å²) in [6, 6.07) is 31.5. The van der Waals surface area contributed by atoms with Gasteiger partial charge in [-0.05, 0) is 60.0 Å². The van der Waals surface area contributed by atoms with Crippen LogP contribution in [0.2, 0.25) is 5.02 Å². The molecular weight excluding hydrogens is 496 g/mol. The van der Waals surface area contributed by atoms with Gasteiger partial charge in [0, 0.05) is 16.3 Å². The maximum atomic E-state index is 13.3. The molecule has 0 spiro atoms. The van der Waals surface area contributed by atoms with E-state index in [4.69, 9.17) is 16.3 Å². The van der Waals surface area contributed by atoms with E-state index in [2.05, 4.69) is 22.1 Å². The minimum absolute atomic E-state index is 0.258. The fraction of sp³-hybridized carbons (Fsp3) is 0.0645. The highest BCUT2D eigenvalue weighted by Crippen LogP contribution is 2.32. The zero-order valence-corrected chi connectivity index (χ0v) is 21.6. The number of rotatable bonds is 5. The van der Waals surface area contributed by atoms with Crippen LogP contribution in [0.3, 0.4) is 0 Å². The lowest BCUT2D eigenvalue weighted by molar-refractivity contribution is 0.413. The Morgan fingerprint density at radius 2 is 1.50 bits per heavy atom. The number of hydrogen-bond acceptors (Lipinski definition) is 4. The highest BCUT2D eigenvalue weighted by atomic mass is 35.5. The van der Waals surface area contributed by atoms with E-state index in [1.807, 2.05) is 101 Å². The van der Waals surface area contributed by atoms with Crippen molar-refractivity contribution < 1.29 is 4.74 Å². The number of benzene rings is 4. The second-order valence-electron chi connectivity index (χ2n) is 8.96. The van der Waals surface area contributed by atoms with Gasteiger partial charge in [-0.15, -0.1) is 0 Å². The Morgan fingerprint density at radius 3 is 2.21 bits per heavy atom. The molecule has 0 N–H and O–H groups in total. The van der Waals surface area contributed by atoms with E-state index in [9.17, 15) is 4.79 Å². The van der Waals surface area contributed by atoms with E-state index in [0.717, 1.165) is 33.6 Å². The average molecular weight is 519 g/mol. The third-order valence-corrected chi connectivity index (χ3v) is 6.76. The van der Waals surface area contributed by atoms with Gasteiger partial charge in [-0.3, -0.25) is 13.9 Å². The van der Waals surface area contributed by atoms with Gasteiger partial charge in [0.2, 0.25) is 0 Å². The van der Waals surface area contributed by atoms with Crippen molar-refractivity contribution in [3.8, 4) is 39.6 Å². The molecule has 0 fully saturated rings. The number of aromatic nitrogens is 4. The molecule has 0 unspecified atom stereocenters. The van der Waals surface area contributed by atoms with Crippen molar-refractivity contribution in [2.45, 2.75) is 6.92 Å². The summed E-state index contributed by atoms with van der Waals surface area (Å²) >= 11 is 6.23. The largest absolute Gasteiger partial charge is 0.495 e. The van der Waals surface area contributed by atoms with Crippen LogP contribution in [0.5, 0.6) is 5.75 Å². The zero-order chi connectivity index (χ0) is 26.2. The summed E-state index contributed by atoms with van der Waals surface area (Å²) < 4.78 is 9.49. The summed E-state index contributed by atoms with van der Waals surface area (Å²) in [7, 11) is 1.63. The Morgan fingerprint density at radius 1 is 0.816 bits per heavy atom. The predicted molar refractivity (Wildman–Crippen MR) is 152 cm³/mol. The van der Waals surface area contributed by atoms with Gasteiger partial charge < -0.3 is 4.74 Å². The monoisotopic (exact) mass is 518 g/mol. The average Bonchev–Trinajstić information content (AvgIpc) is 3.40. The smallest absolute Gasteiger partial charge is 0.301 e. The summed E-state index contributed by atoms with van der Waals surface area (Å²) in [6.07, 6.45) is 1.64. The molecule has 38 heavy (non-hydrogen) atoms. The van der Waals surface area contributed by atoms with Crippen LogP contribution in [0.15, 0.2) is 108 Å². The second kappa shape index (κ2) is 9.65. The van der Waals surface area contributed by atoms with Crippen LogP contribution in [0.4, 0.5) is 0 Å². The molecule has 0 bridgehead atoms. The minimum Gasteiger partial charge on any atom is -0.495 e. The number of nitrogens with zero attached hydrogens (tertiary/aromatic N) is 4. The first kappa shape index (κ1) is 23.7. The number of hydrogen-bond donors (Lipinski definition) is 0. The maximum Gasteiger partial charge on any atom is 0.301 e. The summed E-state index contributed by atoms with van der Waals surface area (Å²) in [5.74, 6) is 1.16.